The molecule has 3 N–H and O–H groups in total. The molecule has 0 radical (unpaired) electrons. The summed E-state index contributed by atoms with van der Waals surface area (Å²) in [5.41, 5.74) is 7.32. The van der Waals surface area contributed by atoms with Crippen LogP contribution in [0.25, 0.3) is 0 Å². The standard InChI is InChI=1S/C20H29N3O3/c1-3-24-13-6-7-16(25-4-2)15(12-13)22-19(21)23-17-14-8-11-26-18(14)20(17)9-5-10-20/h6-7,12,14,17-18H,3-5,8-11H2,1-2H3,(H3,21,22,23). The van der Waals surface area contributed by atoms with Gasteiger partial charge in [0, 0.05) is 24.0 Å². The smallest absolute Gasteiger partial charge is 0.193 e. The van der Waals surface area contributed by atoms with Crippen LogP contribution in [-0.4, -0.2) is 37.9 Å². The Morgan fingerprint density at radius 1 is 1.31 bits per heavy atom. The van der Waals surface area contributed by atoms with E-state index in [9.17, 15) is 0 Å². The molecule has 1 heterocycles. The van der Waals surface area contributed by atoms with Gasteiger partial charge in [0.15, 0.2) is 5.96 Å². The van der Waals surface area contributed by atoms with Crippen LogP contribution < -0.4 is 20.5 Å². The maximum atomic E-state index is 6.29. The lowest BCUT2D eigenvalue weighted by Gasteiger charge is -2.61. The van der Waals surface area contributed by atoms with Crippen LogP contribution in [0, 0.1) is 11.3 Å². The van der Waals surface area contributed by atoms with Crippen LogP contribution in [0.1, 0.15) is 39.5 Å². The topological polar surface area (TPSA) is 78.1 Å². The normalized spacial score (nSPS) is 28.8. The van der Waals surface area contributed by atoms with Crippen molar-refractivity contribution in [3.05, 3.63) is 18.2 Å². The molecule has 6 nitrogen and oxygen atoms in total. The number of nitrogens with one attached hydrogen (secondary N) is 1. The lowest BCUT2D eigenvalue weighted by Crippen LogP contribution is -2.65. The van der Waals surface area contributed by atoms with Crippen molar-refractivity contribution in [3.8, 4) is 11.5 Å². The van der Waals surface area contributed by atoms with Gasteiger partial charge < -0.3 is 25.3 Å². The third-order valence-corrected chi connectivity index (χ3v) is 6.09. The Morgan fingerprint density at radius 2 is 2.12 bits per heavy atom. The number of hydrogen-bond acceptors (Lipinski definition) is 4. The van der Waals surface area contributed by atoms with Gasteiger partial charge in [-0.2, -0.15) is 0 Å². The second-order valence-electron chi connectivity index (χ2n) is 7.44. The van der Waals surface area contributed by atoms with Gasteiger partial charge in [0.25, 0.3) is 0 Å². The second kappa shape index (κ2) is 6.99. The Hall–Kier alpha value is -1.95. The summed E-state index contributed by atoms with van der Waals surface area (Å²) in [6.07, 6.45) is 5.19. The summed E-state index contributed by atoms with van der Waals surface area (Å²) < 4.78 is 17.3. The van der Waals surface area contributed by atoms with Gasteiger partial charge in [-0.25, -0.2) is 4.99 Å². The van der Waals surface area contributed by atoms with E-state index < -0.39 is 0 Å². The number of ether oxygens (including phenoxy) is 3. The van der Waals surface area contributed by atoms with E-state index in [2.05, 4.69) is 5.32 Å². The first kappa shape index (κ1) is 17.5. The molecule has 2 aliphatic carbocycles. The molecular weight excluding hydrogens is 330 g/mol. The van der Waals surface area contributed by atoms with Crippen LogP contribution in [0.2, 0.25) is 0 Å². The fraction of sp³-hybridized carbons (Fsp3) is 0.650. The predicted octanol–water partition coefficient (Wildman–Crippen LogP) is 3.17. The maximum Gasteiger partial charge on any atom is 0.193 e. The average molecular weight is 359 g/mol. The van der Waals surface area contributed by atoms with Gasteiger partial charge in [0.05, 0.1) is 31.0 Å². The minimum Gasteiger partial charge on any atom is -0.494 e. The predicted molar refractivity (Wildman–Crippen MR) is 102 cm³/mol. The lowest BCUT2D eigenvalue weighted by atomic mass is 9.46. The number of guanidine groups is 1. The highest BCUT2D eigenvalue weighted by atomic mass is 16.5. The highest BCUT2D eigenvalue weighted by Gasteiger charge is 2.66. The summed E-state index contributed by atoms with van der Waals surface area (Å²) in [5.74, 6) is 2.51. The van der Waals surface area contributed by atoms with Crippen molar-refractivity contribution >= 4 is 11.6 Å². The molecule has 4 rings (SSSR count). The number of benzene rings is 1. The van der Waals surface area contributed by atoms with Gasteiger partial charge in [-0.05, 0) is 45.2 Å². The first-order chi connectivity index (χ1) is 12.7. The van der Waals surface area contributed by atoms with Crippen molar-refractivity contribution in [2.75, 3.05) is 25.1 Å². The van der Waals surface area contributed by atoms with Gasteiger partial charge in [0.1, 0.15) is 11.5 Å². The Labute approximate surface area is 155 Å². The number of hydrogen-bond donors (Lipinski definition) is 2. The van der Waals surface area contributed by atoms with Crippen LogP contribution in [0.4, 0.5) is 5.69 Å². The summed E-state index contributed by atoms with van der Waals surface area (Å²) in [6, 6.07) is 6.00. The fourth-order valence-electron chi connectivity index (χ4n) is 4.85. The molecule has 0 bridgehead atoms. The van der Waals surface area contributed by atoms with Gasteiger partial charge in [-0.15, -0.1) is 0 Å². The Balaban J connectivity index is 1.53. The molecule has 1 aromatic carbocycles. The molecule has 26 heavy (non-hydrogen) atoms. The molecule has 1 saturated heterocycles. The van der Waals surface area contributed by atoms with Gasteiger partial charge >= 0.3 is 0 Å². The number of fused-ring (bicyclic) bond motifs is 2. The molecule has 1 aromatic rings. The monoisotopic (exact) mass is 359 g/mol. The van der Waals surface area contributed by atoms with Gasteiger partial charge in [-0.1, -0.05) is 6.42 Å². The van der Waals surface area contributed by atoms with Crippen LogP contribution in [0.5, 0.6) is 11.5 Å². The summed E-state index contributed by atoms with van der Waals surface area (Å²) in [7, 11) is 0. The molecule has 0 amide bonds. The molecule has 6 heteroatoms. The molecule has 3 atom stereocenters. The number of rotatable bonds is 6. The van der Waals surface area contributed by atoms with Gasteiger partial charge in [-0.3, -0.25) is 0 Å². The number of nitrogens with two attached hydrogens (primary N) is 1. The van der Waals surface area contributed by atoms with E-state index in [-0.39, 0.29) is 11.5 Å². The number of nitrogens with zero attached hydrogens (tertiary/aromatic N) is 1. The van der Waals surface area contributed by atoms with Crippen molar-refractivity contribution in [1.29, 1.82) is 0 Å². The molecular formula is C20H29N3O3. The van der Waals surface area contributed by atoms with Crippen LogP contribution in [-0.2, 0) is 4.74 Å². The minimum atomic E-state index is 0.239. The zero-order valence-electron chi connectivity index (χ0n) is 15.7. The summed E-state index contributed by atoms with van der Waals surface area (Å²) >= 11 is 0. The highest BCUT2D eigenvalue weighted by Crippen LogP contribution is 2.64. The summed E-state index contributed by atoms with van der Waals surface area (Å²) in [5, 5.41) is 3.24. The molecule has 3 unspecified atom stereocenters. The Bertz CT molecular complexity index is 687. The molecule has 0 aromatic heterocycles. The molecule has 3 aliphatic rings. The Kier molecular flexibility index (Phi) is 4.69. The number of anilines is 1. The largest absolute Gasteiger partial charge is 0.494 e. The summed E-state index contributed by atoms with van der Waals surface area (Å²) in [6.45, 7) is 6.00. The first-order valence-corrected chi connectivity index (χ1v) is 9.79. The minimum absolute atomic E-state index is 0.239. The quantitative estimate of drug-likeness (QED) is 0.602. The first-order valence-electron chi connectivity index (χ1n) is 9.79. The van der Waals surface area contributed by atoms with Crippen LogP contribution >= 0.6 is 0 Å². The third-order valence-electron chi connectivity index (χ3n) is 6.09. The fourth-order valence-corrected chi connectivity index (χ4v) is 4.85. The highest BCUT2D eigenvalue weighted by molar-refractivity contribution is 5.94. The van der Waals surface area contributed by atoms with E-state index in [0.29, 0.717) is 31.2 Å². The van der Waals surface area contributed by atoms with Crippen molar-refractivity contribution < 1.29 is 14.2 Å². The molecule has 2 saturated carbocycles. The zero-order chi connectivity index (χ0) is 18.1. The lowest BCUT2D eigenvalue weighted by molar-refractivity contribution is -0.164. The van der Waals surface area contributed by atoms with Crippen molar-refractivity contribution in [1.82, 2.24) is 0 Å². The molecule has 3 fully saturated rings. The Morgan fingerprint density at radius 3 is 2.81 bits per heavy atom. The van der Waals surface area contributed by atoms with Crippen molar-refractivity contribution in [2.45, 2.75) is 51.7 Å². The molecule has 1 spiro atoms. The van der Waals surface area contributed by atoms with Crippen LogP contribution in [0.3, 0.4) is 0 Å². The van der Waals surface area contributed by atoms with E-state index in [4.69, 9.17) is 24.9 Å². The maximum absolute atomic E-state index is 6.29. The number of aliphatic imine (C=N–C) groups is 1. The van der Waals surface area contributed by atoms with E-state index in [0.717, 1.165) is 30.2 Å². The second-order valence-corrected chi connectivity index (χ2v) is 7.44. The van der Waals surface area contributed by atoms with E-state index >= 15 is 0 Å². The van der Waals surface area contributed by atoms with E-state index in [1.54, 1.807) is 0 Å². The summed E-state index contributed by atoms with van der Waals surface area (Å²) in [4.78, 5) is 4.88. The zero-order valence-corrected chi connectivity index (χ0v) is 15.7. The van der Waals surface area contributed by atoms with Crippen LogP contribution in [0.15, 0.2) is 23.2 Å². The van der Waals surface area contributed by atoms with Gasteiger partial charge in [0.2, 0.25) is 0 Å². The van der Waals surface area contributed by atoms with Crippen molar-refractivity contribution in [3.63, 3.8) is 0 Å². The SMILES string of the molecule is CCOc1ccc(OCC)c(NC(N)=NC2C3CCOC3C23CCC3)c1. The third kappa shape index (κ3) is 2.80. The molecule has 142 valence electrons. The molecule has 1 aliphatic heterocycles. The average Bonchev–Trinajstić information content (AvgIpc) is 2.99. The van der Waals surface area contributed by atoms with E-state index in [1.165, 1.54) is 19.3 Å². The van der Waals surface area contributed by atoms with Crippen molar-refractivity contribution in [2.24, 2.45) is 22.1 Å². The van der Waals surface area contributed by atoms with E-state index in [1.807, 2.05) is 32.0 Å².